The molecular weight excluding hydrogens is 302 g/mol. The van der Waals surface area contributed by atoms with Crippen LogP contribution in [-0.4, -0.2) is 0 Å². The van der Waals surface area contributed by atoms with Gasteiger partial charge >= 0.3 is 0 Å². The summed E-state index contributed by atoms with van der Waals surface area (Å²) in [5.41, 5.74) is 3.78. The zero-order valence-electron chi connectivity index (χ0n) is 11.9. The molecule has 0 heterocycles. The Morgan fingerprint density at radius 1 is 0.727 bits per heavy atom. The van der Waals surface area contributed by atoms with E-state index in [2.05, 4.69) is 0 Å². The summed E-state index contributed by atoms with van der Waals surface area (Å²) in [4.78, 5) is 0. The van der Waals surface area contributed by atoms with Gasteiger partial charge in [0.15, 0.2) is 0 Å². The van der Waals surface area contributed by atoms with E-state index in [1.54, 1.807) is 25.1 Å². The topological polar surface area (TPSA) is 0 Å². The standard InChI is InChI=1S/C19H13ClF2/c1-12-5-6-15(11-18(12)22)13-7-9-14(10-8-13)16-3-2-4-17(21)19(16)20/h2-11H,1H3. The van der Waals surface area contributed by atoms with Crippen molar-refractivity contribution in [3.8, 4) is 22.3 Å². The van der Waals surface area contributed by atoms with Gasteiger partial charge < -0.3 is 0 Å². The van der Waals surface area contributed by atoms with Gasteiger partial charge in [0.1, 0.15) is 11.6 Å². The number of halogens is 3. The minimum absolute atomic E-state index is 0.108. The van der Waals surface area contributed by atoms with Crippen LogP contribution in [0, 0.1) is 18.6 Å². The van der Waals surface area contributed by atoms with Crippen LogP contribution in [0.4, 0.5) is 8.78 Å². The molecule has 110 valence electrons. The zero-order chi connectivity index (χ0) is 15.7. The van der Waals surface area contributed by atoms with Crippen molar-refractivity contribution in [2.75, 3.05) is 0 Å². The van der Waals surface area contributed by atoms with E-state index in [1.165, 1.54) is 12.1 Å². The van der Waals surface area contributed by atoms with E-state index in [4.69, 9.17) is 11.6 Å². The molecule has 3 aromatic rings. The van der Waals surface area contributed by atoms with Crippen molar-refractivity contribution in [1.29, 1.82) is 0 Å². The molecule has 0 atom stereocenters. The predicted octanol–water partition coefficient (Wildman–Crippen LogP) is 6.26. The van der Waals surface area contributed by atoms with Crippen molar-refractivity contribution in [3.05, 3.63) is 82.9 Å². The molecule has 0 nitrogen and oxygen atoms in total. The molecule has 0 radical (unpaired) electrons. The van der Waals surface area contributed by atoms with Gasteiger partial charge in [0.25, 0.3) is 0 Å². The third kappa shape index (κ3) is 2.75. The van der Waals surface area contributed by atoms with Gasteiger partial charge in [0.2, 0.25) is 0 Å². The smallest absolute Gasteiger partial charge is 0.142 e. The van der Waals surface area contributed by atoms with E-state index in [9.17, 15) is 8.78 Å². The lowest BCUT2D eigenvalue weighted by molar-refractivity contribution is 0.619. The lowest BCUT2D eigenvalue weighted by Gasteiger charge is -2.08. The normalized spacial score (nSPS) is 10.7. The number of hydrogen-bond donors (Lipinski definition) is 0. The Bertz CT molecular complexity index is 823. The van der Waals surface area contributed by atoms with E-state index >= 15 is 0 Å². The lowest BCUT2D eigenvalue weighted by atomic mass is 9.99. The molecule has 0 aliphatic carbocycles. The molecule has 3 aromatic carbocycles. The number of aryl methyl sites for hydroxylation is 1. The summed E-state index contributed by atoms with van der Waals surface area (Å²) < 4.78 is 27.2. The monoisotopic (exact) mass is 314 g/mol. The molecule has 0 aromatic heterocycles. The van der Waals surface area contributed by atoms with Crippen LogP contribution in [0.25, 0.3) is 22.3 Å². The summed E-state index contributed by atoms with van der Waals surface area (Å²) in [5.74, 6) is -0.668. The van der Waals surface area contributed by atoms with Crippen LogP contribution in [0.3, 0.4) is 0 Å². The maximum Gasteiger partial charge on any atom is 0.142 e. The second kappa shape index (κ2) is 5.90. The molecule has 3 rings (SSSR count). The molecule has 0 saturated carbocycles. The van der Waals surface area contributed by atoms with Crippen LogP contribution in [0.1, 0.15) is 5.56 Å². The van der Waals surface area contributed by atoms with Gasteiger partial charge in [0, 0.05) is 5.56 Å². The molecule has 0 bridgehead atoms. The van der Waals surface area contributed by atoms with Gasteiger partial charge in [-0.2, -0.15) is 0 Å². The SMILES string of the molecule is Cc1ccc(-c2ccc(-c3cccc(F)c3Cl)cc2)cc1F. The second-order valence-electron chi connectivity index (χ2n) is 5.14. The molecule has 0 fully saturated rings. The van der Waals surface area contributed by atoms with Crippen molar-refractivity contribution < 1.29 is 8.78 Å². The molecule has 0 unspecified atom stereocenters. The van der Waals surface area contributed by atoms with Crippen LogP contribution in [-0.2, 0) is 0 Å². The Morgan fingerprint density at radius 3 is 2.05 bits per heavy atom. The third-order valence-electron chi connectivity index (χ3n) is 3.65. The summed E-state index contributed by atoms with van der Waals surface area (Å²) in [5, 5.41) is 0.108. The molecule has 0 aliphatic heterocycles. The maximum atomic E-state index is 13.6. The molecule has 3 heteroatoms. The van der Waals surface area contributed by atoms with Crippen molar-refractivity contribution in [2.45, 2.75) is 6.92 Å². The highest BCUT2D eigenvalue weighted by atomic mass is 35.5. The quantitative estimate of drug-likeness (QED) is 0.523. The third-order valence-corrected chi connectivity index (χ3v) is 4.04. The second-order valence-corrected chi connectivity index (χ2v) is 5.52. The summed E-state index contributed by atoms with van der Waals surface area (Å²) >= 11 is 6.00. The predicted molar refractivity (Wildman–Crippen MR) is 87.0 cm³/mol. The number of hydrogen-bond acceptors (Lipinski definition) is 0. The van der Waals surface area contributed by atoms with Gasteiger partial charge in [-0.1, -0.05) is 60.1 Å². The summed E-state index contributed by atoms with van der Waals surface area (Å²) in [7, 11) is 0. The highest BCUT2D eigenvalue weighted by Crippen LogP contribution is 2.31. The Hall–Kier alpha value is -2.19. The van der Waals surface area contributed by atoms with Gasteiger partial charge in [-0.3, -0.25) is 0 Å². The number of rotatable bonds is 2. The van der Waals surface area contributed by atoms with Crippen LogP contribution in [0.2, 0.25) is 5.02 Å². The van der Waals surface area contributed by atoms with Crippen LogP contribution in [0.15, 0.2) is 60.7 Å². The molecule has 0 spiro atoms. The average molecular weight is 315 g/mol. The Morgan fingerprint density at radius 2 is 1.36 bits per heavy atom. The van der Waals surface area contributed by atoms with Crippen molar-refractivity contribution in [1.82, 2.24) is 0 Å². The molecular formula is C19H13ClF2. The molecule has 0 aliphatic rings. The van der Waals surface area contributed by atoms with E-state index in [-0.39, 0.29) is 10.8 Å². The average Bonchev–Trinajstić information content (AvgIpc) is 2.53. The van der Waals surface area contributed by atoms with Gasteiger partial charge in [-0.25, -0.2) is 8.78 Å². The summed E-state index contributed by atoms with van der Waals surface area (Å²) in [6, 6.07) is 17.3. The van der Waals surface area contributed by atoms with E-state index in [1.807, 2.05) is 30.3 Å². The maximum absolute atomic E-state index is 13.6. The van der Waals surface area contributed by atoms with E-state index in [0.29, 0.717) is 11.1 Å². The zero-order valence-corrected chi connectivity index (χ0v) is 12.7. The highest BCUT2D eigenvalue weighted by molar-refractivity contribution is 6.33. The first-order chi connectivity index (χ1) is 10.6. The van der Waals surface area contributed by atoms with Gasteiger partial charge in [-0.05, 0) is 41.3 Å². The van der Waals surface area contributed by atoms with Crippen LogP contribution in [0.5, 0.6) is 0 Å². The lowest BCUT2D eigenvalue weighted by Crippen LogP contribution is -1.86. The largest absolute Gasteiger partial charge is 0.207 e. The Kier molecular flexibility index (Phi) is 3.95. The molecule has 0 N–H and O–H groups in total. The van der Waals surface area contributed by atoms with Gasteiger partial charge in [-0.15, -0.1) is 0 Å². The first-order valence-corrected chi connectivity index (χ1v) is 7.25. The Balaban J connectivity index is 1.99. The minimum Gasteiger partial charge on any atom is -0.207 e. The minimum atomic E-state index is -0.441. The molecule has 0 amide bonds. The van der Waals surface area contributed by atoms with Crippen LogP contribution >= 0.6 is 11.6 Å². The van der Waals surface area contributed by atoms with Crippen molar-refractivity contribution >= 4 is 11.6 Å². The van der Waals surface area contributed by atoms with Crippen molar-refractivity contribution in [3.63, 3.8) is 0 Å². The van der Waals surface area contributed by atoms with Crippen LogP contribution < -0.4 is 0 Å². The molecule has 22 heavy (non-hydrogen) atoms. The van der Waals surface area contributed by atoms with E-state index in [0.717, 1.165) is 16.7 Å². The first kappa shape index (κ1) is 14.7. The fourth-order valence-corrected chi connectivity index (χ4v) is 2.58. The first-order valence-electron chi connectivity index (χ1n) is 6.87. The summed E-state index contributed by atoms with van der Waals surface area (Å²) in [6.07, 6.45) is 0. The number of benzene rings is 3. The van der Waals surface area contributed by atoms with Gasteiger partial charge in [0.05, 0.1) is 5.02 Å². The summed E-state index contributed by atoms with van der Waals surface area (Å²) in [6.45, 7) is 1.73. The van der Waals surface area contributed by atoms with Crippen molar-refractivity contribution in [2.24, 2.45) is 0 Å². The molecule has 0 saturated heterocycles. The Labute approximate surface area is 133 Å². The highest BCUT2D eigenvalue weighted by Gasteiger charge is 2.08. The fraction of sp³-hybridized carbons (Fsp3) is 0.0526. The fourth-order valence-electron chi connectivity index (χ4n) is 2.34. The van der Waals surface area contributed by atoms with E-state index < -0.39 is 5.82 Å².